The van der Waals surface area contributed by atoms with E-state index in [-0.39, 0.29) is 12.5 Å². The fourth-order valence-electron chi connectivity index (χ4n) is 2.51. The number of aromatic amines is 1. The standard InChI is InChI=1S/C15H14N4O4/c1-21-5-4-19-14-13(18-15(19)20)17-10(7-16-14)9-2-3-11-12(6-9)23-8-22-11/h2-3,6-7H,4-5,8H2,1H3,(H,17,18,20). The molecule has 0 atom stereocenters. The summed E-state index contributed by atoms with van der Waals surface area (Å²) >= 11 is 0. The van der Waals surface area contributed by atoms with Crippen LogP contribution in [0, 0.1) is 0 Å². The molecule has 2 aromatic heterocycles. The molecule has 0 bridgehead atoms. The van der Waals surface area contributed by atoms with E-state index in [1.165, 1.54) is 4.57 Å². The van der Waals surface area contributed by atoms with Crippen LogP contribution in [0.4, 0.5) is 0 Å². The molecule has 3 aromatic rings. The molecule has 118 valence electrons. The highest BCUT2D eigenvalue weighted by atomic mass is 16.7. The number of H-pyrrole nitrogens is 1. The zero-order valence-corrected chi connectivity index (χ0v) is 12.4. The molecule has 0 radical (unpaired) electrons. The van der Waals surface area contributed by atoms with Gasteiger partial charge < -0.3 is 14.2 Å². The van der Waals surface area contributed by atoms with Gasteiger partial charge in [-0.2, -0.15) is 0 Å². The summed E-state index contributed by atoms with van der Waals surface area (Å²) in [7, 11) is 1.59. The van der Waals surface area contributed by atoms with E-state index in [1.807, 2.05) is 18.2 Å². The van der Waals surface area contributed by atoms with Crippen molar-refractivity contribution in [2.24, 2.45) is 0 Å². The number of fused-ring (bicyclic) bond motifs is 2. The van der Waals surface area contributed by atoms with Gasteiger partial charge in [0.1, 0.15) is 0 Å². The molecule has 0 spiro atoms. The van der Waals surface area contributed by atoms with Crippen LogP contribution in [0.3, 0.4) is 0 Å². The molecule has 4 rings (SSSR count). The second-order valence-corrected chi connectivity index (χ2v) is 5.07. The van der Waals surface area contributed by atoms with Gasteiger partial charge in [0.15, 0.2) is 22.8 Å². The highest BCUT2D eigenvalue weighted by Crippen LogP contribution is 2.35. The second-order valence-electron chi connectivity index (χ2n) is 5.07. The van der Waals surface area contributed by atoms with Crippen LogP contribution in [0.2, 0.25) is 0 Å². The summed E-state index contributed by atoms with van der Waals surface area (Å²) in [4.78, 5) is 23.6. The first kappa shape index (κ1) is 13.8. The minimum Gasteiger partial charge on any atom is -0.454 e. The number of imidazole rings is 1. The van der Waals surface area contributed by atoms with Crippen molar-refractivity contribution in [1.29, 1.82) is 0 Å². The summed E-state index contributed by atoms with van der Waals surface area (Å²) in [6.45, 7) is 1.07. The van der Waals surface area contributed by atoms with Gasteiger partial charge in [0.05, 0.1) is 25.0 Å². The molecule has 1 aliphatic rings. The molecule has 0 amide bonds. The van der Waals surface area contributed by atoms with Crippen LogP contribution in [0.1, 0.15) is 0 Å². The van der Waals surface area contributed by atoms with Crippen molar-refractivity contribution in [3.05, 3.63) is 34.9 Å². The number of rotatable bonds is 4. The van der Waals surface area contributed by atoms with E-state index in [2.05, 4.69) is 15.0 Å². The maximum atomic E-state index is 12.0. The van der Waals surface area contributed by atoms with Crippen LogP contribution in [-0.4, -0.2) is 40.0 Å². The van der Waals surface area contributed by atoms with Crippen LogP contribution in [-0.2, 0) is 11.3 Å². The molecule has 0 saturated heterocycles. The minimum atomic E-state index is -0.250. The number of aromatic nitrogens is 4. The zero-order valence-electron chi connectivity index (χ0n) is 12.4. The Labute approximate surface area is 130 Å². The van der Waals surface area contributed by atoms with E-state index in [1.54, 1.807) is 13.3 Å². The van der Waals surface area contributed by atoms with Gasteiger partial charge in [-0.05, 0) is 18.2 Å². The molecule has 0 fully saturated rings. The predicted molar refractivity (Wildman–Crippen MR) is 81.6 cm³/mol. The Morgan fingerprint density at radius 1 is 1.35 bits per heavy atom. The lowest BCUT2D eigenvalue weighted by molar-refractivity contribution is 0.174. The second kappa shape index (κ2) is 5.40. The molecule has 0 aliphatic carbocycles. The van der Waals surface area contributed by atoms with E-state index in [4.69, 9.17) is 14.2 Å². The molecule has 8 heteroatoms. The Morgan fingerprint density at radius 3 is 3.09 bits per heavy atom. The van der Waals surface area contributed by atoms with Crippen molar-refractivity contribution in [3.63, 3.8) is 0 Å². The van der Waals surface area contributed by atoms with Crippen molar-refractivity contribution in [2.45, 2.75) is 6.54 Å². The zero-order chi connectivity index (χ0) is 15.8. The quantitative estimate of drug-likeness (QED) is 0.777. The topological polar surface area (TPSA) is 91.3 Å². The fourth-order valence-corrected chi connectivity index (χ4v) is 2.51. The van der Waals surface area contributed by atoms with Crippen LogP contribution in [0.5, 0.6) is 11.5 Å². The first-order chi connectivity index (χ1) is 11.3. The van der Waals surface area contributed by atoms with Crippen molar-refractivity contribution in [3.8, 4) is 22.8 Å². The molecule has 23 heavy (non-hydrogen) atoms. The lowest BCUT2D eigenvalue weighted by atomic mass is 10.1. The number of benzene rings is 1. The molecular weight excluding hydrogens is 300 g/mol. The summed E-state index contributed by atoms with van der Waals surface area (Å²) in [6, 6.07) is 5.55. The number of ether oxygens (including phenoxy) is 3. The third-order valence-corrected chi connectivity index (χ3v) is 3.67. The van der Waals surface area contributed by atoms with Crippen molar-refractivity contribution in [1.82, 2.24) is 19.5 Å². The molecule has 0 unspecified atom stereocenters. The van der Waals surface area contributed by atoms with E-state index in [0.29, 0.717) is 41.6 Å². The van der Waals surface area contributed by atoms with Gasteiger partial charge in [0.25, 0.3) is 0 Å². The highest BCUT2D eigenvalue weighted by Gasteiger charge is 2.16. The summed E-state index contributed by atoms with van der Waals surface area (Å²) in [5.74, 6) is 1.39. The fraction of sp³-hybridized carbons (Fsp3) is 0.267. The summed E-state index contributed by atoms with van der Waals surface area (Å²) in [5, 5.41) is 0. The van der Waals surface area contributed by atoms with E-state index >= 15 is 0 Å². The van der Waals surface area contributed by atoms with Gasteiger partial charge in [-0.1, -0.05) is 0 Å². The van der Waals surface area contributed by atoms with E-state index < -0.39 is 0 Å². The van der Waals surface area contributed by atoms with Crippen LogP contribution < -0.4 is 15.2 Å². The predicted octanol–water partition coefficient (Wildman–Crippen LogP) is 1.16. The Hall–Kier alpha value is -2.87. The average Bonchev–Trinajstić information content (AvgIpc) is 3.15. The van der Waals surface area contributed by atoms with Gasteiger partial charge in [0.2, 0.25) is 6.79 Å². The molecule has 1 aromatic carbocycles. The molecule has 1 aliphatic heterocycles. The molecule has 1 N–H and O–H groups in total. The van der Waals surface area contributed by atoms with Gasteiger partial charge in [-0.15, -0.1) is 0 Å². The van der Waals surface area contributed by atoms with Crippen LogP contribution >= 0.6 is 0 Å². The SMILES string of the molecule is COCCn1c(=O)[nH]c2nc(-c3ccc4c(c3)OCO4)cnc21. The first-order valence-electron chi connectivity index (χ1n) is 7.11. The summed E-state index contributed by atoms with van der Waals surface area (Å²) in [6.07, 6.45) is 1.64. The van der Waals surface area contributed by atoms with Gasteiger partial charge in [-0.3, -0.25) is 9.55 Å². The van der Waals surface area contributed by atoms with Crippen molar-refractivity contribution >= 4 is 11.3 Å². The lowest BCUT2D eigenvalue weighted by Gasteiger charge is -2.04. The number of hydrogen-bond donors (Lipinski definition) is 1. The number of methoxy groups -OCH3 is 1. The number of nitrogens with one attached hydrogen (secondary N) is 1. The van der Waals surface area contributed by atoms with Gasteiger partial charge in [-0.25, -0.2) is 14.8 Å². The number of nitrogens with zero attached hydrogens (tertiary/aromatic N) is 3. The van der Waals surface area contributed by atoms with Gasteiger partial charge >= 0.3 is 5.69 Å². The average molecular weight is 314 g/mol. The third-order valence-electron chi connectivity index (χ3n) is 3.67. The smallest absolute Gasteiger partial charge is 0.328 e. The Morgan fingerprint density at radius 2 is 2.22 bits per heavy atom. The van der Waals surface area contributed by atoms with Crippen molar-refractivity contribution in [2.75, 3.05) is 20.5 Å². The van der Waals surface area contributed by atoms with Crippen LogP contribution in [0.15, 0.2) is 29.2 Å². The molecule has 3 heterocycles. The third kappa shape index (κ3) is 2.33. The normalized spacial score (nSPS) is 12.9. The molecule has 0 saturated carbocycles. The molecule has 8 nitrogen and oxygen atoms in total. The first-order valence-corrected chi connectivity index (χ1v) is 7.11. The highest BCUT2D eigenvalue weighted by molar-refractivity contribution is 5.72. The molecular formula is C15H14N4O4. The summed E-state index contributed by atoms with van der Waals surface area (Å²) < 4.78 is 17.2. The van der Waals surface area contributed by atoms with Gasteiger partial charge in [0, 0.05) is 12.7 Å². The van der Waals surface area contributed by atoms with E-state index in [9.17, 15) is 4.79 Å². The number of hydrogen-bond acceptors (Lipinski definition) is 6. The maximum Gasteiger partial charge on any atom is 0.328 e. The Bertz CT molecular complexity index is 931. The monoisotopic (exact) mass is 314 g/mol. The lowest BCUT2D eigenvalue weighted by Crippen LogP contribution is -2.19. The van der Waals surface area contributed by atoms with Crippen LogP contribution in [0.25, 0.3) is 22.6 Å². The Kier molecular flexibility index (Phi) is 3.23. The van der Waals surface area contributed by atoms with E-state index in [0.717, 1.165) is 5.56 Å². The largest absolute Gasteiger partial charge is 0.454 e. The van der Waals surface area contributed by atoms with Crippen molar-refractivity contribution < 1.29 is 14.2 Å². The minimum absolute atomic E-state index is 0.221. The maximum absolute atomic E-state index is 12.0. The summed E-state index contributed by atoms with van der Waals surface area (Å²) in [5.41, 5.74) is 2.20. The Balaban J connectivity index is 1.76.